The van der Waals surface area contributed by atoms with E-state index in [1.807, 2.05) is 36.0 Å². The molecular formula is C45H71N3O4S2. The van der Waals surface area contributed by atoms with Gasteiger partial charge >= 0.3 is 12.0 Å². The lowest BCUT2D eigenvalue weighted by Crippen LogP contribution is -2.17. The van der Waals surface area contributed by atoms with Crippen LogP contribution >= 0.6 is 23.5 Å². The first-order valence-corrected chi connectivity index (χ1v) is 22.3. The number of unbranched alkanes of at least 4 members (excludes halogenated alkanes) is 9. The van der Waals surface area contributed by atoms with E-state index in [1.54, 1.807) is 11.8 Å². The fourth-order valence-corrected chi connectivity index (χ4v) is 8.18. The predicted octanol–water partition coefficient (Wildman–Crippen LogP) is 13.8. The van der Waals surface area contributed by atoms with Crippen molar-refractivity contribution in [3.05, 3.63) is 46.5 Å². The first kappa shape index (κ1) is 45.7. The second-order valence-electron chi connectivity index (χ2n) is 18.8. The van der Waals surface area contributed by atoms with Crippen LogP contribution in [0.1, 0.15) is 176 Å². The maximum Gasteiger partial charge on any atom is 0.329 e. The summed E-state index contributed by atoms with van der Waals surface area (Å²) in [5.74, 6) is 4.64. The number of ether oxygens (including phenoxy) is 2. The molecule has 1 aromatic heterocycles. The summed E-state index contributed by atoms with van der Waals surface area (Å²) in [6.45, 7) is 27.2. The minimum absolute atomic E-state index is 0.122. The first-order chi connectivity index (χ1) is 25.1. The lowest BCUT2D eigenvalue weighted by molar-refractivity contribution is 0.376. The zero-order chi connectivity index (χ0) is 40.3. The summed E-state index contributed by atoms with van der Waals surface area (Å²) < 4.78 is 12.8. The number of rotatable bonds is 19. The third kappa shape index (κ3) is 14.5. The van der Waals surface area contributed by atoms with Crippen molar-refractivity contribution in [2.24, 2.45) is 0 Å². The van der Waals surface area contributed by atoms with Crippen molar-refractivity contribution in [2.45, 2.75) is 181 Å². The summed E-state index contributed by atoms with van der Waals surface area (Å²) >= 11 is 3.54. The van der Waals surface area contributed by atoms with E-state index in [0.717, 1.165) is 39.5 Å². The molecule has 0 amide bonds. The van der Waals surface area contributed by atoms with E-state index < -0.39 is 0 Å². The van der Waals surface area contributed by atoms with Gasteiger partial charge in [0.1, 0.15) is 23.0 Å². The molecule has 54 heavy (non-hydrogen) atoms. The fourth-order valence-electron chi connectivity index (χ4n) is 6.29. The molecule has 3 aromatic rings. The average Bonchev–Trinajstić information content (AvgIpc) is 3.04. The van der Waals surface area contributed by atoms with Crippen LogP contribution in [0.3, 0.4) is 0 Å². The molecule has 0 aliphatic rings. The van der Waals surface area contributed by atoms with E-state index in [4.69, 9.17) is 19.4 Å². The van der Waals surface area contributed by atoms with Gasteiger partial charge in [0.2, 0.25) is 0 Å². The Morgan fingerprint density at radius 2 is 0.833 bits per heavy atom. The van der Waals surface area contributed by atoms with Gasteiger partial charge in [-0.2, -0.15) is 21.7 Å². The topological polar surface area (TPSA) is 97.6 Å². The van der Waals surface area contributed by atoms with Crippen LogP contribution in [-0.4, -0.2) is 42.4 Å². The van der Waals surface area contributed by atoms with Gasteiger partial charge in [0.15, 0.2) is 5.16 Å². The Labute approximate surface area is 336 Å². The number of phenols is 2. The zero-order valence-corrected chi connectivity index (χ0v) is 37.5. The van der Waals surface area contributed by atoms with Crippen molar-refractivity contribution >= 4 is 23.5 Å². The SMILES string of the molecule is CCCCCCCCCCCCSCCSc1nc(Oc2cc(C(C)(C)C)c(O)c(C(C)(C)C)c2)nc(Oc2cc(C(C)(C)C)c(O)c(C(C)(C)C)c2)n1. The van der Waals surface area contributed by atoms with Crippen molar-refractivity contribution in [3.8, 4) is 35.0 Å². The number of hydrogen-bond donors (Lipinski definition) is 2. The van der Waals surface area contributed by atoms with Crippen LogP contribution in [0.15, 0.2) is 29.4 Å². The van der Waals surface area contributed by atoms with Gasteiger partial charge in [0.05, 0.1) is 0 Å². The highest BCUT2D eigenvalue weighted by molar-refractivity contribution is 8.02. The number of hydrogen-bond acceptors (Lipinski definition) is 9. The summed E-state index contributed by atoms with van der Waals surface area (Å²) in [5, 5.41) is 23.1. The first-order valence-electron chi connectivity index (χ1n) is 20.2. The molecule has 9 heteroatoms. The molecule has 0 unspecified atom stereocenters. The largest absolute Gasteiger partial charge is 0.507 e. The molecule has 0 spiro atoms. The summed E-state index contributed by atoms with van der Waals surface area (Å²) in [5.41, 5.74) is 1.87. The second kappa shape index (κ2) is 20.0. The Kier molecular flexibility index (Phi) is 16.9. The van der Waals surface area contributed by atoms with Crippen LogP contribution in [0.2, 0.25) is 0 Å². The van der Waals surface area contributed by atoms with Crippen LogP contribution in [0.25, 0.3) is 0 Å². The van der Waals surface area contributed by atoms with E-state index in [2.05, 4.69) is 95.0 Å². The van der Waals surface area contributed by atoms with Crippen LogP contribution in [0.5, 0.6) is 35.0 Å². The van der Waals surface area contributed by atoms with Crippen LogP contribution in [0.4, 0.5) is 0 Å². The average molecular weight is 782 g/mol. The summed E-state index contributed by atoms with van der Waals surface area (Å²) in [6, 6.07) is 7.73. The molecule has 0 aliphatic carbocycles. The number of nitrogens with zero attached hydrogens (tertiary/aromatic N) is 3. The summed E-state index contributed by atoms with van der Waals surface area (Å²) in [4.78, 5) is 14.1. The molecule has 0 atom stereocenters. The normalized spacial score (nSPS) is 12.7. The highest BCUT2D eigenvalue weighted by Crippen LogP contribution is 2.44. The van der Waals surface area contributed by atoms with E-state index in [0.29, 0.717) is 16.7 Å². The Bertz CT molecular complexity index is 1460. The van der Waals surface area contributed by atoms with Gasteiger partial charge in [-0.05, 0) is 58.1 Å². The third-order valence-corrected chi connectivity index (χ3v) is 11.7. The van der Waals surface area contributed by atoms with E-state index in [1.165, 1.54) is 64.2 Å². The van der Waals surface area contributed by atoms with Crippen molar-refractivity contribution in [2.75, 3.05) is 17.3 Å². The summed E-state index contributed by atoms with van der Waals surface area (Å²) in [6.07, 6.45) is 13.5. The highest BCUT2D eigenvalue weighted by Gasteiger charge is 2.29. The standard InChI is InChI=1S/C45H71N3O4S2/c1-14-15-16-17-18-19-20-21-22-23-24-53-25-26-54-41-47-39(51-31-27-33(42(2,3)4)37(49)34(28-31)43(5,6)7)46-40(48-41)52-32-29-35(44(8,9)10)38(50)36(30-32)45(11,12)13/h27-30,49-50H,14-26H2,1-13H3. The van der Waals surface area contributed by atoms with Crippen LogP contribution in [0, 0.1) is 0 Å². The van der Waals surface area contributed by atoms with Gasteiger partial charge in [-0.15, -0.1) is 4.98 Å². The zero-order valence-electron chi connectivity index (χ0n) is 35.9. The quantitative estimate of drug-likeness (QED) is 0.0910. The Morgan fingerprint density at radius 1 is 0.481 bits per heavy atom. The Morgan fingerprint density at radius 3 is 1.19 bits per heavy atom. The number of phenolic OH excluding ortho intramolecular Hbond substituents is 2. The Hall–Kier alpha value is -2.65. The van der Waals surface area contributed by atoms with E-state index >= 15 is 0 Å². The number of aromatic hydroxyl groups is 2. The van der Waals surface area contributed by atoms with Crippen LogP contribution < -0.4 is 9.47 Å². The predicted molar refractivity (Wildman–Crippen MR) is 231 cm³/mol. The second-order valence-corrected chi connectivity index (χ2v) is 21.1. The van der Waals surface area contributed by atoms with Crippen molar-refractivity contribution in [3.63, 3.8) is 0 Å². The van der Waals surface area contributed by atoms with Gasteiger partial charge in [-0.3, -0.25) is 0 Å². The van der Waals surface area contributed by atoms with E-state index in [-0.39, 0.29) is 45.2 Å². The number of thioether (sulfide) groups is 2. The van der Waals surface area contributed by atoms with Gasteiger partial charge in [-0.25, -0.2) is 0 Å². The molecule has 302 valence electrons. The van der Waals surface area contributed by atoms with Crippen molar-refractivity contribution < 1.29 is 19.7 Å². The monoisotopic (exact) mass is 781 g/mol. The maximum atomic E-state index is 11.3. The molecular weight excluding hydrogens is 711 g/mol. The Balaban J connectivity index is 1.83. The van der Waals surface area contributed by atoms with Gasteiger partial charge in [-0.1, -0.05) is 160 Å². The molecule has 1 heterocycles. The van der Waals surface area contributed by atoms with Gasteiger partial charge < -0.3 is 19.7 Å². The summed E-state index contributed by atoms with van der Waals surface area (Å²) in [7, 11) is 0. The molecule has 2 N–H and O–H groups in total. The minimum atomic E-state index is -0.322. The number of benzene rings is 2. The molecule has 7 nitrogen and oxygen atoms in total. The van der Waals surface area contributed by atoms with Crippen molar-refractivity contribution in [1.29, 1.82) is 0 Å². The van der Waals surface area contributed by atoms with E-state index in [9.17, 15) is 10.2 Å². The molecule has 0 saturated carbocycles. The molecule has 3 rings (SSSR count). The molecule has 2 aromatic carbocycles. The fraction of sp³-hybridized carbons (Fsp3) is 0.667. The smallest absolute Gasteiger partial charge is 0.329 e. The maximum absolute atomic E-state index is 11.3. The molecule has 0 saturated heterocycles. The van der Waals surface area contributed by atoms with Crippen molar-refractivity contribution in [1.82, 2.24) is 15.0 Å². The van der Waals surface area contributed by atoms with Gasteiger partial charge in [0, 0.05) is 33.8 Å². The lowest BCUT2D eigenvalue weighted by atomic mass is 9.79. The van der Waals surface area contributed by atoms with Crippen LogP contribution in [-0.2, 0) is 21.7 Å². The third-order valence-electron chi connectivity index (χ3n) is 9.49. The minimum Gasteiger partial charge on any atom is -0.507 e. The number of aromatic nitrogens is 3. The molecule has 0 aliphatic heterocycles. The van der Waals surface area contributed by atoms with Gasteiger partial charge in [0.25, 0.3) is 0 Å². The lowest BCUT2D eigenvalue weighted by Gasteiger charge is -2.28. The molecule has 0 radical (unpaired) electrons. The molecule has 0 bridgehead atoms. The highest BCUT2D eigenvalue weighted by atomic mass is 32.2. The molecule has 0 fully saturated rings.